The number of nitrogens with zero attached hydrogens (tertiary/aromatic N) is 1. The third-order valence-electron chi connectivity index (χ3n) is 2.66. The van der Waals surface area contributed by atoms with E-state index in [0.717, 1.165) is 35.1 Å². The Hall–Kier alpha value is -0.940. The van der Waals surface area contributed by atoms with Crippen molar-refractivity contribution in [2.24, 2.45) is 0 Å². The minimum Gasteiger partial charge on any atom is -0.350 e. The SMILES string of the molecule is CCCNCCNC(=O)c1sc(C(C)(C)C)nc1C. The van der Waals surface area contributed by atoms with Crippen molar-refractivity contribution < 1.29 is 4.79 Å². The Labute approximate surface area is 120 Å². The lowest BCUT2D eigenvalue weighted by Gasteiger charge is -2.13. The van der Waals surface area contributed by atoms with Crippen LogP contribution in [0.3, 0.4) is 0 Å². The van der Waals surface area contributed by atoms with Gasteiger partial charge in [0, 0.05) is 18.5 Å². The molecule has 4 nitrogen and oxygen atoms in total. The van der Waals surface area contributed by atoms with Gasteiger partial charge in [0.25, 0.3) is 5.91 Å². The fourth-order valence-electron chi connectivity index (χ4n) is 1.57. The summed E-state index contributed by atoms with van der Waals surface area (Å²) in [6.45, 7) is 12.8. The molecule has 19 heavy (non-hydrogen) atoms. The van der Waals surface area contributed by atoms with Crippen molar-refractivity contribution in [2.75, 3.05) is 19.6 Å². The molecule has 0 fully saturated rings. The molecule has 0 aromatic carbocycles. The van der Waals surface area contributed by atoms with Crippen LogP contribution in [0.15, 0.2) is 0 Å². The van der Waals surface area contributed by atoms with Gasteiger partial charge in [-0.25, -0.2) is 4.98 Å². The molecule has 0 unspecified atom stereocenters. The monoisotopic (exact) mass is 283 g/mol. The van der Waals surface area contributed by atoms with E-state index in [4.69, 9.17) is 0 Å². The van der Waals surface area contributed by atoms with E-state index in [0.29, 0.717) is 6.54 Å². The molecule has 1 aromatic rings. The maximum absolute atomic E-state index is 12.1. The van der Waals surface area contributed by atoms with Gasteiger partial charge in [-0.1, -0.05) is 27.7 Å². The second-order valence-electron chi connectivity index (χ2n) is 5.69. The Morgan fingerprint density at radius 3 is 2.47 bits per heavy atom. The van der Waals surface area contributed by atoms with Crippen molar-refractivity contribution in [3.05, 3.63) is 15.6 Å². The molecular formula is C14H25N3OS. The molecule has 2 N–H and O–H groups in total. The Kier molecular flexibility index (Phi) is 5.94. The number of rotatable bonds is 6. The molecule has 0 saturated heterocycles. The largest absolute Gasteiger partial charge is 0.350 e. The average Bonchev–Trinajstić information content (AvgIpc) is 2.70. The first-order valence-electron chi connectivity index (χ1n) is 6.83. The second kappa shape index (κ2) is 7.01. The fourth-order valence-corrected chi connectivity index (χ4v) is 2.61. The number of carbonyl (C=O) groups excluding carboxylic acids is 1. The highest BCUT2D eigenvalue weighted by Gasteiger charge is 2.22. The lowest BCUT2D eigenvalue weighted by atomic mass is 9.98. The fraction of sp³-hybridized carbons (Fsp3) is 0.714. The minimum absolute atomic E-state index is 0.00334. The molecule has 0 bridgehead atoms. The number of amides is 1. The van der Waals surface area contributed by atoms with Gasteiger partial charge in [-0.05, 0) is 19.9 Å². The lowest BCUT2D eigenvalue weighted by molar-refractivity contribution is 0.0957. The van der Waals surface area contributed by atoms with Crippen molar-refractivity contribution in [1.29, 1.82) is 0 Å². The van der Waals surface area contributed by atoms with Crippen LogP contribution in [-0.2, 0) is 5.41 Å². The quantitative estimate of drug-likeness (QED) is 0.789. The molecule has 1 aromatic heterocycles. The molecule has 0 saturated carbocycles. The number of thiazole rings is 1. The van der Waals surface area contributed by atoms with E-state index in [-0.39, 0.29) is 11.3 Å². The van der Waals surface area contributed by atoms with Gasteiger partial charge in [-0.15, -0.1) is 11.3 Å². The number of hydrogen-bond acceptors (Lipinski definition) is 4. The summed E-state index contributed by atoms with van der Waals surface area (Å²) in [6.07, 6.45) is 1.11. The van der Waals surface area contributed by atoms with Gasteiger partial charge >= 0.3 is 0 Å². The number of hydrogen-bond donors (Lipinski definition) is 2. The van der Waals surface area contributed by atoms with Gasteiger partial charge < -0.3 is 10.6 Å². The van der Waals surface area contributed by atoms with Crippen LogP contribution >= 0.6 is 11.3 Å². The van der Waals surface area contributed by atoms with Crippen molar-refractivity contribution in [3.63, 3.8) is 0 Å². The molecular weight excluding hydrogens is 258 g/mol. The summed E-state index contributed by atoms with van der Waals surface area (Å²) < 4.78 is 0. The molecule has 0 spiro atoms. The van der Waals surface area contributed by atoms with E-state index in [9.17, 15) is 4.79 Å². The van der Waals surface area contributed by atoms with Gasteiger partial charge in [-0.2, -0.15) is 0 Å². The van der Waals surface area contributed by atoms with Crippen molar-refractivity contribution in [2.45, 2.75) is 46.5 Å². The van der Waals surface area contributed by atoms with Crippen molar-refractivity contribution in [1.82, 2.24) is 15.6 Å². The summed E-state index contributed by atoms with van der Waals surface area (Å²) in [5.74, 6) is -0.0104. The Morgan fingerprint density at radius 2 is 1.95 bits per heavy atom. The predicted molar refractivity (Wildman–Crippen MR) is 81.0 cm³/mol. The van der Waals surface area contributed by atoms with E-state index in [1.165, 1.54) is 11.3 Å². The number of carbonyl (C=O) groups is 1. The Bertz CT molecular complexity index is 421. The van der Waals surface area contributed by atoms with E-state index < -0.39 is 0 Å². The number of aromatic nitrogens is 1. The minimum atomic E-state index is -0.0104. The highest BCUT2D eigenvalue weighted by molar-refractivity contribution is 7.14. The summed E-state index contributed by atoms with van der Waals surface area (Å²) in [4.78, 5) is 17.3. The molecule has 5 heteroatoms. The van der Waals surface area contributed by atoms with E-state index >= 15 is 0 Å². The van der Waals surface area contributed by atoms with Gasteiger partial charge in [0.05, 0.1) is 10.7 Å². The van der Waals surface area contributed by atoms with Gasteiger partial charge in [0.1, 0.15) is 4.88 Å². The molecule has 0 aliphatic heterocycles. The van der Waals surface area contributed by atoms with Crippen LogP contribution in [0.2, 0.25) is 0 Å². The van der Waals surface area contributed by atoms with E-state index in [1.807, 2.05) is 6.92 Å². The third-order valence-corrected chi connectivity index (χ3v) is 4.24. The first-order valence-corrected chi connectivity index (χ1v) is 7.64. The maximum atomic E-state index is 12.1. The lowest BCUT2D eigenvalue weighted by Crippen LogP contribution is -2.32. The third kappa shape index (κ3) is 4.91. The summed E-state index contributed by atoms with van der Waals surface area (Å²) >= 11 is 1.50. The van der Waals surface area contributed by atoms with Crippen LogP contribution in [-0.4, -0.2) is 30.5 Å². The topological polar surface area (TPSA) is 54.0 Å². The summed E-state index contributed by atoms with van der Waals surface area (Å²) in [5.41, 5.74) is 0.824. The van der Waals surface area contributed by atoms with Crippen molar-refractivity contribution in [3.8, 4) is 0 Å². The molecule has 0 aliphatic carbocycles. The molecule has 108 valence electrons. The predicted octanol–water partition coefficient (Wildman–Crippen LogP) is 2.48. The highest BCUT2D eigenvalue weighted by Crippen LogP contribution is 2.28. The summed E-state index contributed by atoms with van der Waals surface area (Å²) in [5, 5.41) is 7.20. The van der Waals surface area contributed by atoms with Gasteiger partial charge in [0.2, 0.25) is 0 Å². The molecule has 1 heterocycles. The zero-order valence-corrected chi connectivity index (χ0v) is 13.4. The van der Waals surface area contributed by atoms with Crippen LogP contribution in [0.25, 0.3) is 0 Å². The maximum Gasteiger partial charge on any atom is 0.263 e. The van der Waals surface area contributed by atoms with Crippen molar-refractivity contribution >= 4 is 17.2 Å². The second-order valence-corrected chi connectivity index (χ2v) is 6.69. The van der Waals surface area contributed by atoms with Crippen LogP contribution in [0.4, 0.5) is 0 Å². The van der Waals surface area contributed by atoms with Gasteiger partial charge in [0.15, 0.2) is 0 Å². The van der Waals surface area contributed by atoms with E-state index in [2.05, 4.69) is 43.3 Å². The molecule has 0 atom stereocenters. The summed E-state index contributed by atoms with van der Waals surface area (Å²) in [6, 6.07) is 0. The standard InChI is InChI=1S/C14H25N3OS/c1-6-7-15-8-9-16-12(18)11-10(2)17-13(19-11)14(3,4)5/h15H,6-9H2,1-5H3,(H,16,18). The first kappa shape index (κ1) is 16.1. The summed E-state index contributed by atoms with van der Waals surface area (Å²) in [7, 11) is 0. The number of aryl methyl sites for hydroxylation is 1. The Morgan fingerprint density at radius 1 is 1.26 bits per heavy atom. The number of nitrogens with one attached hydrogen (secondary N) is 2. The Balaban J connectivity index is 2.55. The highest BCUT2D eigenvalue weighted by atomic mass is 32.1. The molecule has 1 rings (SSSR count). The molecule has 0 radical (unpaired) electrons. The average molecular weight is 283 g/mol. The molecule has 1 amide bonds. The molecule has 0 aliphatic rings. The van der Waals surface area contributed by atoms with Crippen LogP contribution in [0, 0.1) is 6.92 Å². The van der Waals surface area contributed by atoms with Crippen LogP contribution in [0.5, 0.6) is 0 Å². The van der Waals surface area contributed by atoms with Gasteiger partial charge in [-0.3, -0.25) is 4.79 Å². The smallest absolute Gasteiger partial charge is 0.263 e. The van der Waals surface area contributed by atoms with Crippen LogP contribution < -0.4 is 10.6 Å². The van der Waals surface area contributed by atoms with Crippen LogP contribution in [0.1, 0.15) is 54.5 Å². The normalized spacial score (nSPS) is 11.6. The zero-order valence-electron chi connectivity index (χ0n) is 12.6. The van der Waals surface area contributed by atoms with E-state index in [1.54, 1.807) is 0 Å². The first-order chi connectivity index (χ1) is 8.86. The zero-order chi connectivity index (χ0) is 14.5.